The molecule has 0 aromatic heterocycles. The molecule has 0 aliphatic rings. The fourth-order valence-electron chi connectivity index (χ4n) is 1.15. The minimum Gasteiger partial charge on any atom is -0.550 e. The van der Waals surface area contributed by atoms with Crippen LogP contribution in [-0.2, 0) is 4.79 Å². The van der Waals surface area contributed by atoms with E-state index >= 15 is 0 Å². The third-order valence-corrected chi connectivity index (χ3v) is 1.94. The van der Waals surface area contributed by atoms with Crippen molar-refractivity contribution in [1.82, 2.24) is 0 Å². The first kappa shape index (κ1) is 11.8. The average Bonchev–Trinajstić information content (AvgIpc) is 2.26. The third-order valence-electron chi connectivity index (χ3n) is 1.94. The van der Waals surface area contributed by atoms with E-state index in [1.165, 1.54) is 18.2 Å². The Morgan fingerprint density at radius 3 is 2.50 bits per heavy atom. The van der Waals surface area contributed by atoms with Gasteiger partial charge in [0.05, 0.1) is 4.92 Å². The van der Waals surface area contributed by atoms with Gasteiger partial charge in [-0.2, -0.15) is 0 Å². The molecule has 0 fully saturated rings. The molecular weight excluding hydrogens is 214 g/mol. The van der Waals surface area contributed by atoms with Gasteiger partial charge in [0, 0.05) is 30.1 Å². The van der Waals surface area contributed by atoms with Gasteiger partial charge in [0.25, 0.3) is 5.69 Å². The summed E-state index contributed by atoms with van der Waals surface area (Å²) in [5, 5.41) is 20.6. The highest BCUT2D eigenvalue weighted by molar-refractivity contribution is 5.97. The van der Waals surface area contributed by atoms with Crippen LogP contribution in [0.15, 0.2) is 24.3 Å². The molecule has 0 aliphatic heterocycles. The lowest BCUT2D eigenvalue weighted by Crippen LogP contribution is -2.22. The van der Waals surface area contributed by atoms with Crippen LogP contribution in [0, 0.1) is 10.1 Å². The number of aliphatic carboxylic acids is 1. The first-order valence-corrected chi connectivity index (χ1v) is 4.48. The lowest BCUT2D eigenvalue weighted by atomic mass is 10.1. The van der Waals surface area contributed by atoms with E-state index in [2.05, 4.69) is 0 Å². The Bertz CT molecular complexity index is 441. The summed E-state index contributed by atoms with van der Waals surface area (Å²) in [6.07, 6.45) is -0.606. The molecule has 0 aliphatic carbocycles. The third kappa shape index (κ3) is 3.16. The molecule has 0 bridgehead atoms. The van der Waals surface area contributed by atoms with Crippen molar-refractivity contribution in [1.29, 1.82) is 0 Å². The average molecular weight is 222 g/mol. The van der Waals surface area contributed by atoms with Crippen LogP contribution >= 0.6 is 0 Å². The molecule has 0 radical (unpaired) electrons. The number of nitrogens with zero attached hydrogens (tertiary/aromatic N) is 1. The Hall–Kier alpha value is -2.24. The smallest absolute Gasteiger partial charge is 0.270 e. The summed E-state index contributed by atoms with van der Waals surface area (Å²) in [6, 6.07) is 5.17. The Labute approximate surface area is 90.7 Å². The van der Waals surface area contributed by atoms with Crippen LogP contribution in [0.25, 0.3) is 0 Å². The van der Waals surface area contributed by atoms with Gasteiger partial charge >= 0.3 is 0 Å². The van der Waals surface area contributed by atoms with Crippen molar-refractivity contribution in [3.05, 3.63) is 39.9 Å². The van der Waals surface area contributed by atoms with Crippen LogP contribution in [-0.4, -0.2) is 16.7 Å². The number of Topliss-reactive ketones (excluding diaryl/α,β-unsaturated/α-hetero) is 1. The molecule has 0 atom stereocenters. The summed E-state index contributed by atoms with van der Waals surface area (Å²) >= 11 is 0. The number of carboxylic acid groups (broad SMARTS) is 1. The fraction of sp³-hybridized carbons (Fsp3) is 0.200. The predicted octanol–water partition coefficient (Wildman–Crippen LogP) is 0.308. The molecule has 1 aromatic rings. The Morgan fingerprint density at radius 1 is 1.25 bits per heavy atom. The van der Waals surface area contributed by atoms with E-state index in [1.54, 1.807) is 0 Å². The van der Waals surface area contributed by atoms with Crippen molar-refractivity contribution in [3.63, 3.8) is 0 Å². The second-order valence-electron chi connectivity index (χ2n) is 3.10. The molecule has 16 heavy (non-hydrogen) atoms. The topological polar surface area (TPSA) is 100 Å². The standard InChI is InChI=1S/C10H9NO5/c12-9(4-5-10(13)14)7-2-1-3-8(6-7)11(15)16/h1-3,6H,4-5H2,(H,13,14)/p-1. The lowest BCUT2D eigenvalue weighted by Gasteiger charge is -2.01. The highest BCUT2D eigenvalue weighted by Gasteiger charge is 2.11. The van der Waals surface area contributed by atoms with Gasteiger partial charge in [-0.25, -0.2) is 0 Å². The zero-order chi connectivity index (χ0) is 12.1. The van der Waals surface area contributed by atoms with Gasteiger partial charge in [0.1, 0.15) is 0 Å². The summed E-state index contributed by atoms with van der Waals surface area (Å²) in [5.41, 5.74) is -0.0604. The van der Waals surface area contributed by atoms with E-state index in [1.807, 2.05) is 0 Å². The second kappa shape index (κ2) is 5.01. The number of ketones is 1. The summed E-state index contributed by atoms with van der Waals surface area (Å²) in [6.45, 7) is 0. The number of hydrogen-bond acceptors (Lipinski definition) is 5. The summed E-state index contributed by atoms with van der Waals surface area (Å²) < 4.78 is 0. The van der Waals surface area contributed by atoms with Crippen LogP contribution in [0.1, 0.15) is 23.2 Å². The SMILES string of the molecule is O=C([O-])CCC(=O)c1cccc([N+](=O)[O-])c1. The van der Waals surface area contributed by atoms with E-state index < -0.39 is 16.7 Å². The van der Waals surface area contributed by atoms with Gasteiger partial charge in [-0.3, -0.25) is 14.9 Å². The Kier molecular flexibility index (Phi) is 3.71. The minimum atomic E-state index is -1.32. The molecule has 0 saturated carbocycles. The minimum absolute atomic E-state index is 0.135. The van der Waals surface area contributed by atoms with Gasteiger partial charge in [-0.05, 0) is 6.42 Å². The maximum absolute atomic E-state index is 11.4. The molecule has 1 aromatic carbocycles. The predicted molar refractivity (Wildman–Crippen MR) is 51.7 cm³/mol. The highest BCUT2D eigenvalue weighted by Crippen LogP contribution is 2.14. The molecule has 0 N–H and O–H groups in total. The number of nitro benzene ring substituents is 1. The first-order chi connectivity index (χ1) is 7.50. The van der Waals surface area contributed by atoms with Gasteiger partial charge in [0.2, 0.25) is 0 Å². The maximum atomic E-state index is 11.4. The van der Waals surface area contributed by atoms with Crippen LogP contribution in [0.5, 0.6) is 0 Å². The van der Waals surface area contributed by atoms with Crippen molar-refractivity contribution in [2.24, 2.45) is 0 Å². The fourth-order valence-corrected chi connectivity index (χ4v) is 1.15. The van der Waals surface area contributed by atoms with Gasteiger partial charge in [-0.15, -0.1) is 0 Å². The van der Waals surface area contributed by atoms with Crippen molar-refractivity contribution in [2.75, 3.05) is 0 Å². The van der Waals surface area contributed by atoms with Crippen LogP contribution in [0.3, 0.4) is 0 Å². The monoisotopic (exact) mass is 222 g/mol. The van der Waals surface area contributed by atoms with Gasteiger partial charge in [-0.1, -0.05) is 12.1 Å². The number of rotatable bonds is 5. The summed E-state index contributed by atoms with van der Waals surface area (Å²) in [5.74, 6) is -1.77. The number of hydrogen-bond donors (Lipinski definition) is 0. The molecule has 0 unspecified atom stereocenters. The number of benzene rings is 1. The van der Waals surface area contributed by atoms with Crippen molar-refractivity contribution in [2.45, 2.75) is 12.8 Å². The molecule has 84 valence electrons. The van der Waals surface area contributed by atoms with E-state index in [9.17, 15) is 24.8 Å². The number of carboxylic acids is 1. The zero-order valence-corrected chi connectivity index (χ0v) is 8.21. The van der Waals surface area contributed by atoms with Crippen molar-refractivity contribution >= 4 is 17.4 Å². The Balaban J connectivity index is 2.79. The molecule has 0 amide bonds. The summed E-state index contributed by atoms with van der Waals surface area (Å²) in [4.78, 5) is 31.4. The van der Waals surface area contributed by atoms with Gasteiger partial charge in [0.15, 0.2) is 5.78 Å². The number of non-ortho nitro benzene ring substituents is 1. The molecule has 0 heterocycles. The number of carbonyl (C=O) groups is 2. The van der Waals surface area contributed by atoms with E-state index in [0.717, 1.165) is 6.07 Å². The number of carbonyl (C=O) groups excluding carboxylic acids is 2. The number of nitro groups is 1. The van der Waals surface area contributed by atoms with Crippen molar-refractivity contribution < 1.29 is 19.6 Å². The van der Waals surface area contributed by atoms with E-state index in [4.69, 9.17) is 0 Å². The molecule has 1 rings (SSSR count). The summed E-state index contributed by atoms with van der Waals surface area (Å²) in [7, 11) is 0. The van der Waals surface area contributed by atoms with Crippen molar-refractivity contribution in [3.8, 4) is 0 Å². The molecular formula is C10H8NO5-. The molecule has 0 spiro atoms. The van der Waals surface area contributed by atoms with Crippen LogP contribution < -0.4 is 5.11 Å². The van der Waals surface area contributed by atoms with E-state index in [-0.39, 0.29) is 24.1 Å². The maximum Gasteiger partial charge on any atom is 0.270 e. The molecule has 6 heteroatoms. The largest absolute Gasteiger partial charge is 0.550 e. The molecule has 0 saturated heterocycles. The highest BCUT2D eigenvalue weighted by atomic mass is 16.6. The first-order valence-electron chi connectivity index (χ1n) is 4.48. The normalized spacial score (nSPS) is 9.75. The van der Waals surface area contributed by atoms with Gasteiger partial charge < -0.3 is 9.90 Å². The zero-order valence-electron chi connectivity index (χ0n) is 8.21. The second-order valence-corrected chi connectivity index (χ2v) is 3.10. The van der Waals surface area contributed by atoms with E-state index in [0.29, 0.717) is 0 Å². The quantitative estimate of drug-likeness (QED) is 0.405. The lowest BCUT2D eigenvalue weighted by molar-refractivity contribution is -0.384. The Morgan fingerprint density at radius 2 is 1.94 bits per heavy atom. The van der Waals surface area contributed by atoms with Crippen LogP contribution in [0.4, 0.5) is 5.69 Å². The molecule has 6 nitrogen and oxygen atoms in total. The van der Waals surface area contributed by atoms with Crippen LogP contribution in [0.2, 0.25) is 0 Å².